The van der Waals surface area contributed by atoms with Crippen LogP contribution in [0.3, 0.4) is 0 Å². The maximum atomic E-state index is 10.1. The fourth-order valence-corrected chi connectivity index (χ4v) is 1.06. The maximum Gasteiger partial charge on any atom is 0.704 e. The summed E-state index contributed by atoms with van der Waals surface area (Å²) in [6.07, 6.45) is 4.43. The minimum atomic E-state index is -4.24. The van der Waals surface area contributed by atoms with Crippen molar-refractivity contribution in [3.63, 3.8) is 0 Å². The Labute approximate surface area is 52.1 Å². The van der Waals surface area contributed by atoms with Gasteiger partial charge in [-0.25, -0.2) is 4.57 Å². The first-order chi connectivity index (χ1) is 3.98. The van der Waals surface area contributed by atoms with Gasteiger partial charge in [-0.3, -0.25) is 0 Å². The van der Waals surface area contributed by atoms with E-state index >= 15 is 0 Å². The van der Waals surface area contributed by atoms with Gasteiger partial charge >= 0.3 is 15.9 Å². The Morgan fingerprint density at radius 1 is 1.78 bits per heavy atom. The van der Waals surface area contributed by atoms with Crippen molar-refractivity contribution < 1.29 is 23.2 Å². The van der Waals surface area contributed by atoms with Crippen molar-refractivity contribution in [3.8, 4) is 12.1 Å². The van der Waals surface area contributed by atoms with Crippen LogP contribution in [0.5, 0.6) is 0 Å². The molecule has 0 fully saturated rings. The lowest BCUT2D eigenvalue weighted by atomic mass is 11.4. The van der Waals surface area contributed by atoms with E-state index in [0.29, 0.717) is 0 Å². The van der Waals surface area contributed by atoms with Crippen molar-refractivity contribution in [1.29, 1.82) is 0 Å². The lowest BCUT2D eigenvalue weighted by molar-refractivity contribution is 0.360. The quantitative estimate of drug-likeness (QED) is 0.462. The van der Waals surface area contributed by atoms with Crippen LogP contribution >= 0.6 is 15.9 Å². The summed E-state index contributed by atoms with van der Waals surface area (Å²) in [5.41, 5.74) is 1.32. The van der Waals surface area contributed by atoms with Crippen LogP contribution in [0.25, 0.3) is 0 Å². The summed E-state index contributed by atoms with van der Waals surface area (Å²) in [5, 5.41) is 0. The highest BCUT2D eigenvalue weighted by Gasteiger charge is 2.30. The van der Waals surface area contributed by atoms with Crippen LogP contribution in [-0.4, -0.2) is 9.79 Å². The van der Waals surface area contributed by atoms with Crippen molar-refractivity contribution in [2.24, 2.45) is 0 Å². The molecule has 0 amide bonds. The largest absolute Gasteiger partial charge is 0.704 e. The Hall–Kier alpha value is -0.230. The average molecular weight is 169 g/mol. The van der Waals surface area contributed by atoms with E-state index in [0.717, 1.165) is 0 Å². The van der Waals surface area contributed by atoms with Crippen LogP contribution in [0.4, 0.5) is 0 Å². The molecule has 0 aliphatic heterocycles. The van der Waals surface area contributed by atoms with Crippen molar-refractivity contribution >= 4 is 15.9 Å². The zero-order valence-corrected chi connectivity index (χ0v) is 5.88. The highest BCUT2D eigenvalue weighted by molar-refractivity contribution is 7.63. The Morgan fingerprint density at radius 3 is 2.33 bits per heavy atom. The zero-order valence-electron chi connectivity index (χ0n) is 4.09. The molecule has 0 aliphatic rings. The van der Waals surface area contributed by atoms with Gasteiger partial charge in [0.15, 0.2) is 0 Å². The maximum absolute atomic E-state index is 10.1. The molecule has 2 N–H and O–H groups in total. The molecule has 0 saturated heterocycles. The predicted molar refractivity (Wildman–Crippen MR) is 29.6 cm³/mol. The summed E-state index contributed by atoms with van der Waals surface area (Å²) in [6.45, 7) is 0. The average Bonchev–Trinajstić information content (AvgIpc) is 1.63. The second kappa shape index (κ2) is 3.07. The normalized spacial score (nSPS) is 17.7. The minimum Gasteiger partial charge on any atom is -0.312 e. The van der Waals surface area contributed by atoms with Gasteiger partial charge in [0.1, 0.15) is 0 Å². The molecule has 0 spiro atoms. The van der Waals surface area contributed by atoms with Crippen molar-refractivity contribution in [1.82, 2.24) is 0 Å². The molecular formula is C2H3O5P2+. The standard InChI is InChI=1S/C2H2O5P2/c1-2-9(5,6)7-8(3)4/h1H,(H-,3,4,5,6)/p+1. The number of hydrogen-bond donors (Lipinski definition) is 2. The van der Waals surface area contributed by atoms with Crippen LogP contribution in [0, 0.1) is 12.1 Å². The molecule has 0 rings (SSSR count). The molecule has 2 unspecified atom stereocenters. The second-order valence-corrected chi connectivity index (χ2v) is 3.40. The summed E-state index contributed by atoms with van der Waals surface area (Å²) < 4.78 is 23.3. The summed E-state index contributed by atoms with van der Waals surface area (Å²) in [6, 6.07) is 0. The molecule has 0 saturated carbocycles. The first kappa shape index (κ1) is 8.77. The molecule has 0 aliphatic carbocycles. The monoisotopic (exact) mass is 169 g/mol. The first-order valence-corrected chi connectivity index (χ1v) is 4.35. The fourth-order valence-electron chi connectivity index (χ4n) is 0.118. The third kappa shape index (κ3) is 4.28. The molecule has 5 nitrogen and oxygen atoms in total. The molecule has 0 aromatic heterocycles. The van der Waals surface area contributed by atoms with Crippen LogP contribution in [0.15, 0.2) is 0 Å². The third-order valence-electron chi connectivity index (χ3n) is 0.344. The molecule has 50 valence electrons. The van der Waals surface area contributed by atoms with Crippen molar-refractivity contribution in [2.75, 3.05) is 0 Å². The number of rotatable bonds is 2. The highest BCUT2D eigenvalue weighted by Crippen LogP contribution is 2.48. The van der Waals surface area contributed by atoms with E-state index in [-0.39, 0.29) is 0 Å². The highest BCUT2D eigenvalue weighted by atomic mass is 31.2. The summed E-state index contributed by atoms with van der Waals surface area (Å²) in [4.78, 5) is 16.1. The summed E-state index contributed by atoms with van der Waals surface area (Å²) >= 11 is 0. The topological polar surface area (TPSA) is 83.8 Å². The van der Waals surface area contributed by atoms with E-state index < -0.39 is 15.9 Å². The number of hydrogen-bond acceptors (Lipinski definition) is 3. The van der Waals surface area contributed by atoms with Gasteiger partial charge in [-0.1, -0.05) is 0 Å². The van der Waals surface area contributed by atoms with Crippen molar-refractivity contribution in [3.05, 3.63) is 0 Å². The molecule has 2 atom stereocenters. The van der Waals surface area contributed by atoms with Crippen LogP contribution in [0.1, 0.15) is 0 Å². The minimum absolute atomic E-state index is 1.32. The molecule has 0 radical (unpaired) electrons. The summed E-state index contributed by atoms with van der Waals surface area (Å²) in [5.74, 6) is 0. The van der Waals surface area contributed by atoms with Gasteiger partial charge in [-0.2, -0.15) is 0 Å². The molecule has 0 bridgehead atoms. The third-order valence-corrected chi connectivity index (χ3v) is 2.11. The Bertz CT molecular complexity index is 201. The van der Waals surface area contributed by atoms with Gasteiger partial charge in [-0.05, 0) is 4.31 Å². The SMILES string of the molecule is C#CP(=O)(O)O[P+](=O)O. The van der Waals surface area contributed by atoms with Gasteiger partial charge in [0.05, 0.1) is 0 Å². The molecule has 7 heteroatoms. The predicted octanol–water partition coefficient (Wildman–Crippen LogP) is 0.429. The molecule has 0 aromatic carbocycles. The molecule has 0 heterocycles. The van der Waals surface area contributed by atoms with E-state index in [1.54, 1.807) is 0 Å². The van der Waals surface area contributed by atoms with E-state index in [2.05, 4.69) is 10.7 Å². The summed E-state index contributed by atoms with van der Waals surface area (Å²) in [7, 11) is -7.34. The molecule has 9 heavy (non-hydrogen) atoms. The van der Waals surface area contributed by atoms with E-state index in [4.69, 9.17) is 9.79 Å². The first-order valence-electron chi connectivity index (χ1n) is 1.64. The van der Waals surface area contributed by atoms with Crippen molar-refractivity contribution in [2.45, 2.75) is 0 Å². The van der Waals surface area contributed by atoms with E-state index in [9.17, 15) is 9.13 Å². The van der Waals surface area contributed by atoms with Crippen LogP contribution in [-0.2, 0) is 13.4 Å². The number of terminal acetylenes is 1. The molecular weight excluding hydrogens is 166 g/mol. The van der Waals surface area contributed by atoms with E-state index in [1.807, 2.05) is 0 Å². The van der Waals surface area contributed by atoms with Crippen LogP contribution in [0.2, 0.25) is 0 Å². The van der Waals surface area contributed by atoms with Gasteiger partial charge in [0.2, 0.25) is 0 Å². The van der Waals surface area contributed by atoms with Gasteiger partial charge in [0, 0.05) is 10.2 Å². The van der Waals surface area contributed by atoms with E-state index in [1.165, 1.54) is 5.66 Å². The fraction of sp³-hybridized carbons (Fsp3) is 0. The lowest BCUT2D eigenvalue weighted by Gasteiger charge is -1.87. The smallest absolute Gasteiger partial charge is 0.312 e. The Balaban J connectivity index is 4.09. The zero-order chi connectivity index (χ0) is 7.49. The Morgan fingerprint density at radius 2 is 2.22 bits per heavy atom. The molecule has 0 aromatic rings. The van der Waals surface area contributed by atoms with Crippen LogP contribution < -0.4 is 0 Å². The Kier molecular flexibility index (Phi) is 2.99. The van der Waals surface area contributed by atoms with Gasteiger partial charge in [-0.15, -0.1) is 11.3 Å². The lowest BCUT2D eigenvalue weighted by Crippen LogP contribution is -1.74. The van der Waals surface area contributed by atoms with Gasteiger partial charge in [0.25, 0.3) is 0 Å². The second-order valence-electron chi connectivity index (χ2n) is 0.969. The van der Waals surface area contributed by atoms with Gasteiger partial charge < -0.3 is 4.89 Å².